The van der Waals surface area contributed by atoms with E-state index >= 15 is 0 Å². The maximum Gasteiger partial charge on any atom is 0.340 e. The molecule has 0 atom stereocenters. The molecule has 0 spiro atoms. The third kappa shape index (κ3) is 6.29. The third-order valence-electron chi connectivity index (χ3n) is 3.36. The first-order chi connectivity index (χ1) is 12.7. The standard InChI is InChI=1S/C17H19ClN4O4S.ClH/c1-12-9-13(25-8-7-22(21-2)17(19)20)11-14(10-12)26-27(23,24)16-6-4-3-5-15(16)18;/h3-6,9-11H,2,7-8H2,1H3,(H3,19,20);1H. The highest BCUT2D eigenvalue weighted by Crippen LogP contribution is 2.28. The average Bonchev–Trinajstić information content (AvgIpc) is 2.57. The van der Waals surface area contributed by atoms with Crippen LogP contribution in [0.5, 0.6) is 11.5 Å². The lowest BCUT2D eigenvalue weighted by atomic mass is 10.2. The highest BCUT2D eigenvalue weighted by atomic mass is 35.5. The molecule has 0 aliphatic carbocycles. The Bertz CT molecular complexity index is 954. The van der Waals surface area contributed by atoms with Crippen molar-refractivity contribution >= 4 is 46.8 Å². The minimum Gasteiger partial charge on any atom is -0.492 e. The number of aryl methyl sites for hydroxylation is 1. The number of halogens is 2. The van der Waals surface area contributed by atoms with Crippen LogP contribution in [0.1, 0.15) is 5.56 Å². The summed E-state index contributed by atoms with van der Waals surface area (Å²) in [6.07, 6.45) is 0. The fourth-order valence-electron chi connectivity index (χ4n) is 2.18. The van der Waals surface area contributed by atoms with Crippen LogP contribution in [0.3, 0.4) is 0 Å². The quantitative estimate of drug-likeness (QED) is 0.278. The van der Waals surface area contributed by atoms with Gasteiger partial charge < -0.3 is 14.7 Å². The van der Waals surface area contributed by atoms with E-state index in [9.17, 15) is 8.42 Å². The van der Waals surface area contributed by atoms with Crippen molar-refractivity contribution in [2.45, 2.75) is 11.8 Å². The van der Waals surface area contributed by atoms with Gasteiger partial charge in [-0.05, 0) is 36.8 Å². The summed E-state index contributed by atoms with van der Waals surface area (Å²) in [5.41, 5.74) is 6.07. The van der Waals surface area contributed by atoms with Crippen LogP contribution in [-0.2, 0) is 10.1 Å². The van der Waals surface area contributed by atoms with Crippen molar-refractivity contribution in [1.82, 2.24) is 5.01 Å². The van der Waals surface area contributed by atoms with Crippen molar-refractivity contribution in [2.24, 2.45) is 10.8 Å². The molecular weight excluding hydrogens is 427 g/mol. The number of nitrogens with one attached hydrogen (secondary N) is 1. The number of benzene rings is 2. The molecule has 0 saturated carbocycles. The zero-order chi connectivity index (χ0) is 20.0. The number of ether oxygens (including phenoxy) is 1. The normalized spacial score (nSPS) is 10.5. The molecule has 3 N–H and O–H groups in total. The fourth-order valence-corrected chi connectivity index (χ4v) is 3.59. The molecule has 0 fully saturated rings. The van der Waals surface area contributed by atoms with Crippen LogP contribution in [0.2, 0.25) is 5.02 Å². The molecule has 11 heteroatoms. The summed E-state index contributed by atoms with van der Waals surface area (Å²) in [6.45, 7) is 5.45. The predicted octanol–water partition coefficient (Wildman–Crippen LogP) is 3.03. The smallest absolute Gasteiger partial charge is 0.340 e. The highest BCUT2D eigenvalue weighted by molar-refractivity contribution is 7.87. The van der Waals surface area contributed by atoms with Gasteiger partial charge in [0.2, 0.25) is 5.96 Å². The lowest BCUT2D eigenvalue weighted by Crippen LogP contribution is -2.34. The molecule has 152 valence electrons. The first-order valence-electron chi connectivity index (χ1n) is 7.74. The van der Waals surface area contributed by atoms with Gasteiger partial charge in [0.15, 0.2) is 0 Å². The monoisotopic (exact) mass is 446 g/mol. The van der Waals surface area contributed by atoms with Gasteiger partial charge in [0, 0.05) is 12.8 Å². The van der Waals surface area contributed by atoms with Crippen molar-refractivity contribution in [3.63, 3.8) is 0 Å². The van der Waals surface area contributed by atoms with Crippen LogP contribution in [0.25, 0.3) is 0 Å². The van der Waals surface area contributed by atoms with Crippen molar-refractivity contribution in [3.8, 4) is 11.5 Å². The highest BCUT2D eigenvalue weighted by Gasteiger charge is 2.20. The van der Waals surface area contributed by atoms with Gasteiger partial charge in [-0.25, -0.2) is 5.01 Å². The van der Waals surface area contributed by atoms with Gasteiger partial charge in [0.05, 0.1) is 11.6 Å². The first kappa shape index (κ1) is 23.5. The Morgan fingerprint density at radius 1 is 1.29 bits per heavy atom. The minimum absolute atomic E-state index is 0. The minimum atomic E-state index is -4.09. The van der Waals surface area contributed by atoms with E-state index in [0.29, 0.717) is 5.75 Å². The number of rotatable bonds is 8. The van der Waals surface area contributed by atoms with Gasteiger partial charge in [-0.15, -0.1) is 12.4 Å². The first-order valence-corrected chi connectivity index (χ1v) is 9.53. The molecule has 0 saturated heterocycles. The Balaban J connectivity index is 0.00000392. The number of nitrogens with zero attached hydrogens (tertiary/aromatic N) is 2. The topological polar surface area (TPSA) is 118 Å². The molecule has 0 aliphatic rings. The molecule has 0 bridgehead atoms. The van der Waals surface area contributed by atoms with Gasteiger partial charge in [-0.3, -0.25) is 5.41 Å². The third-order valence-corrected chi connectivity index (χ3v) is 5.11. The van der Waals surface area contributed by atoms with Gasteiger partial charge in [-0.1, -0.05) is 23.7 Å². The van der Waals surface area contributed by atoms with E-state index in [4.69, 9.17) is 31.7 Å². The number of hydrazone groups is 1. The second kappa shape index (κ2) is 10.2. The van der Waals surface area contributed by atoms with E-state index < -0.39 is 10.1 Å². The Hall–Kier alpha value is -2.49. The molecule has 2 aromatic carbocycles. The second-order valence-corrected chi connectivity index (χ2v) is 7.37. The summed E-state index contributed by atoms with van der Waals surface area (Å²) >= 11 is 5.94. The number of hydrogen-bond donors (Lipinski definition) is 2. The van der Waals surface area contributed by atoms with Gasteiger partial charge in [-0.2, -0.15) is 13.5 Å². The van der Waals surface area contributed by atoms with Crippen LogP contribution < -0.4 is 14.7 Å². The Morgan fingerprint density at radius 2 is 1.93 bits per heavy atom. The van der Waals surface area contributed by atoms with E-state index in [1.807, 2.05) is 0 Å². The summed E-state index contributed by atoms with van der Waals surface area (Å²) in [5, 5.41) is 12.1. The van der Waals surface area contributed by atoms with Crippen molar-refractivity contribution in [3.05, 3.63) is 53.1 Å². The van der Waals surface area contributed by atoms with Crippen LogP contribution in [-0.4, -0.2) is 39.3 Å². The van der Waals surface area contributed by atoms with E-state index in [-0.39, 0.29) is 47.2 Å². The molecule has 2 aromatic rings. The molecule has 0 amide bonds. The van der Waals surface area contributed by atoms with Crippen molar-refractivity contribution in [1.29, 1.82) is 5.41 Å². The zero-order valence-corrected chi connectivity index (χ0v) is 17.4. The van der Waals surface area contributed by atoms with Crippen LogP contribution >= 0.6 is 24.0 Å². The van der Waals surface area contributed by atoms with E-state index in [1.54, 1.807) is 31.2 Å². The summed E-state index contributed by atoms with van der Waals surface area (Å²) in [6, 6.07) is 10.7. The number of hydrogen-bond acceptors (Lipinski definition) is 6. The second-order valence-electron chi connectivity index (χ2n) is 5.45. The molecule has 2 rings (SSSR count). The van der Waals surface area contributed by atoms with E-state index in [2.05, 4.69) is 11.8 Å². The van der Waals surface area contributed by atoms with E-state index in [1.165, 1.54) is 18.2 Å². The predicted molar refractivity (Wildman–Crippen MR) is 111 cm³/mol. The molecule has 0 radical (unpaired) electrons. The average molecular weight is 447 g/mol. The van der Waals surface area contributed by atoms with Crippen molar-refractivity contribution < 1.29 is 17.3 Å². The summed E-state index contributed by atoms with van der Waals surface area (Å²) in [5.74, 6) is 0.231. The van der Waals surface area contributed by atoms with Crippen LogP contribution in [0.4, 0.5) is 0 Å². The van der Waals surface area contributed by atoms with Crippen LogP contribution in [0.15, 0.2) is 52.5 Å². The molecule has 0 unspecified atom stereocenters. The summed E-state index contributed by atoms with van der Waals surface area (Å²) in [4.78, 5) is -0.121. The molecule has 0 heterocycles. The van der Waals surface area contributed by atoms with Gasteiger partial charge in [0.25, 0.3) is 0 Å². The van der Waals surface area contributed by atoms with E-state index in [0.717, 1.165) is 10.6 Å². The maximum atomic E-state index is 12.5. The lowest BCUT2D eigenvalue weighted by molar-refractivity contribution is 0.271. The molecule has 0 aromatic heterocycles. The summed E-state index contributed by atoms with van der Waals surface area (Å²) in [7, 11) is -4.09. The fraction of sp³-hybridized carbons (Fsp3) is 0.176. The van der Waals surface area contributed by atoms with Gasteiger partial charge >= 0.3 is 10.1 Å². The molecular formula is C17H20Cl2N4O4S. The Kier molecular flexibility index (Phi) is 8.55. The maximum absolute atomic E-state index is 12.5. The Morgan fingerprint density at radius 3 is 2.54 bits per heavy atom. The molecule has 0 aliphatic heterocycles. The van der Waals surface area contributed by atoms with Crippen LogP contribution in [0, 0.1) is 12.3 Å². The van der Waals surface area contributed by atoms with Crippen molar-refractivity contribution in [2.75, 3.05) is 13.2 Å². The largest absolute Gasteiger partial charge is 0.492 e. The summed E-state index contributed by atoms with van der Waals surface area (Å²) < 4.78 is 35.7. The number of nitrogens with two attached hydrogens (primary N) is 1. The van der Waals surface area contributed by atoms with Gasteiger partial charge in [0.1, 0.15) is 23.0 Å². The SMILES string of the molecule is C=NN(CCOc1cc(C)cc(OS(=O)(=O)c2ccccc2Cl)c1)C(=N)N.Cl. The Labute approximate surface area is 174 Å². The lowest BCUT2D eigenvalue weighted by Gasteiger charge is -2.16. The molecule has 28 heavy (non-hydrogen) atoms. The zero-order valence-electron chi connectivity index (χ0n) is 15.0. The molecule has 8 nitrogen and oxygen atoms in total. The number of guanidine groups is 1.